The molecule has 0 unspecified atom stereocenters. The molecule has 1 atom stereocenters. The maximum Gasteiger partial charge on any atom is 0.265 e. The topological polar surface area (TPSA) is 55.4 Å². The molecule has 0 aliphatic carbocycles. The summed E-state index contributed by atoms with van der Waals surface area (Å²) in [5.74, 6) is 0.350. The zero-order chi connectivity index (χ0) is 16.8. The number of rotatable bonds is 6. The number of ketones is 1. The summed E-state index contributed by atoms with van der Waals surface area (Å²) in [4.78, 5) is 23.7. The Bertz CT molecular complexity index is 680. The molecular weight excluding hydrogens is 314 g/mol. The van der Waals surface area contributed by atoms with Crippen LogP contribution in [-0.4, -0.2) is 17.8 Å². The van der Waals surface area contributed by atoms with E-state index in [0.29, 0.717) is 28.4 Å². The maximum absolute atomic E-state index is 12.1. The Labute approximate surface area is 140 Å². The summed E-state index contributed by atoms with van der Waals surface area (Å²) in [5.41, 5.74) is 1.29. The van der Waals surface area contributed by atoms with Crippen LogP contribution in [0, 0.1) is 0 Å². The van der Waals surface area contributed by atoms with Crippen LogP contribution in [0.3, 0.4) is 0 Å². The van der Waals surface area contributed by atoms with Gasteiger partial charge in [0, 0.05) is 22.7 Å². The summed E-state index contributed by atoms with van der Waals surface area (Å²) in [5, 5.41) is 3.36. The minimum Gasteiger partial charge on any atom is -0.481 e. The lowest BCUT2D eigenvalue weighted by atomic mass is 10.1. The van der Waals surface area contributed by atoms with Crippen molar-refractivity contribution in [3.63, 3.8) is 0 Å². The van der Waals surface area contributed by atoms with Crippen LogP contribution >= 0.6 is 11.6 Å². The first-order valence-corrected chi connectivity index (χ1v) is 7.73. The van der Waals surface area contributed by atoms with Gasteiger partial charge in [-0.15, -0.1) is 0 Å². The second-order valence-electron chi connectivity index (χ2n) is 5.06. The standard InChI is InChI=1S/C18H18ClNO3/c1-3-17(21)13-4-10-16(11-5-13)23-12(2)18(22)20-15-8-6-14(19)7-9-15/h4-12H,3H2,1-2H3,(H,20,22)/t12-/m0/s1. The molecule has 0 spiro atoms. The van der Waals surface area contributed by atoms with Gasteiger partial charge in [0.2, 0.25) is 0 Å². The van der Waals surface area contributed by atoms with Crippen molar-refractivity contribution in [1.29, 1.82) is 0 Å². The first-order valence-electron chi connectivity index (χ1n) is 7.36. The third-order valence-electron chi connectivity index (χ3n) is 3.29. The third-order valence-corrected chi connectivity index (χ3v) is 3.54. The number of nitrogens with one attached hydrogen (secondary N) is 1. The summed E-state index contributed by atoms with van der Waals surface area (Å²) in [6, 6.07) is 13.6. The quantitative estimate of drug-likeness (QED) is 0.801. The van der Waals surface area contributed by atoms with Crippen LogP contribution in [0.1, 0.15) is 30.6 Å². The lowest BCUT2D eigenvalue weighted by Gasteiger charge is -2.15. The molecule has 23 heavy (non-hydrogen) atoms. The Morgan fingerprint density at radius 2 is 1.70 bits per heavy atom. The Morgan fingerprint density at radius 1 is 1.09 bits per heavy atom. The minimum atomic E-state index is -0.668. The van der Waals surface area contributed by atoms with Crippen molar-refractivity contribution < 1.29 is 14.3 Å². The first kappa shape index (κ1) is 17.0. The Kier molecular flexibility index (Phi) is 5.77. The zero-order valence-corrected chi connectivity index (χ0v) is 13.8. The number of carbonyl (C=O) groups is 2. The Morgan fingerprint density at radius 3 is 2.26 bits per heavy atom. The molecule has 0 fully saturated rings. The van der Waals surface area contributed by atoms with E-state index in [1.54, 1.807) is 55.5 Å². The van der Waals surface area contributed by atoms with Gasteiger partial charge in [0.05, 0.1) is 0 Å². The predicted octanol–water partition coefficient (Wildman–Crippen LogP) is 4.34. The summed E-state index contributed by atoms with van der Waals surface area (Å²) in [7, 11) is 0. The van der Waals surface area contributed by atoms with E-state index in [-0.39, 0.29) is 11.7 Å². The normalized spacial score (nSPS) is 11.6. The highest BCUT2D eigenvalue weighted by atomic mass is 35.5. The van der Waals surface area contributed by atoms with E-state index in [1.807, 2.05) is 6.92 Å². The first-order chi connectivity index (χ1) is 11.0. The molecule has 4 nitrogen and oxygen atoms in total. The fourth-order valence-electron chi connectivity index (χ4n) is 1.96. The molecule has 120 valence electrons. The molecule has 2 rings (SSSR count). The van der Waals surface area contributed by atoms with Crippen molar-refractivity contribution >= 4 is 29.0 Å². The number of hydrogen-bond donors (Lipinski definition) is 1. The van der Waals surface area contributed by atoms with Crippen molar-refractivity contribution in [1.82, 2.24) is 0 Å². The highest BCUT2D eigenvalue weighted by Gasteiger charge is 2.15. The van der Waals surface area contributed by atoms with E-state index < -0.39 is 6.10 Å². The fourth-order valence-corrected chi connectivity index (χ4v) is 2.08. The van der Waals surface area contributed by atoms with Crippen molar-refractivity contribution in [2.24, 2.45) is 0 Å². The van der Waals surface area contributed by atoms with E-state index in [4.69, 9.17) is 16.3 Å². The third kappa shape index (κ3) is 4.83. The molecular formula is C18H18ClNO3. The lowest BCUT2D eigenvalue weighted by molar-refractivity contribution is -0.122. The van der Waals surface area contributed by atoms with Crippen molar-refractivity contribution in [3.8, 4) is 5.75 Å². The van der Waals surface area contributed by atoms with E-state index >= 15 is 0 Å². The van der Waals surface area contributed by atoms with Gasteiger partial charge < -0.3 is 10.1 Å². The molecule has 0 heterocycles. The number of carbonyl (C=O) groups excluding carboxylic acids is 2. The minimum absolute atomic E-state index is 0.0741. The van der Waals surface area contributed by atoms with E-state index in [0.717, 1.165) is 0 Å². The van der Waals surface area contributed by atoms with Gasteiger partial charge in [0.15, 0.2) is 11.9 Å². The largest absolute Gasteiger partial charge is 0.481 e. The van der Waals surface area contributed by atoms with E-state index in [9.17, 15) is 9.59 Å². The molecule has 1 N–H and O–H groups in total. The monoisotopic (exact) mass is 331 g/mol. The van der Waals surface area contributed by atoms with Crippen molar-refractivity contribution in [2.45, 2.75) is 26.4 Å². The van der Waals surface area contributed by atoms with Gasteiger partial charge in [-0.2, -0.15) is 0 Å². The fraction of sp³-hybridized carbons (Fsp3) is 0.222. The average molecular weight is 332 g/mol. The van der Waals surface area contributed by atoms with Crippen LogP contribution in [0.25, 0.3) is 0 Å². The Balaban J connectivity index is 1.95. The second kappa shape index (κ2) is 7.79. The lowest BCUT2D eigenvalue weighted by Crippen LogP contribution is -2.30. The SMILES string of the molecule is CCC(=O)c1ccc(O[C@@H](C)C(=O)Nc2ccc(Cl)cc2)cc1. The number of benzene rings is 2. The number of anilines is 1. The van der Waals surface area contributed by atoms with Gasteiger partial charge in [0.25, 0.3) is 5.91 Å². The molecule has 0 aliphatic rings. The van der Waals surface area contributed by atoms with Gasteiger partial charge in [-0.1, -0.05) is 18.5 Å². The van der Waals surface area contributed by atoms with Gasteiger partial charge in [-0.3, -0.25) is 9.59 Å². The second-order valence-corrected chi connectivity index (χ2v) is 5.49. The molecule has 2 aromatic rings. The predicted molar refractivity (Wildman–Crippen MR) is 91.2 cm³/mol. The van der Waals surface area contributed by atoms with Gasteiger partial charge in [0.1, 0.15) is 5.75 Å². The molecule has 5 heteroatoms. The number of Topliss-reactive ketones (excluding diaryl/α,β-unsaturated/α-hetero) is 1. The molecule has 0 saturated carbocycles. The van der Waals surface area contributed by atoms with Crippen molar-refractivity contribution in [2.75, 3.05) is 5.32 Å². The number of ether oxygens (including phenoxy) is 1. The number of hydrogen-bond acceptors (Lipinski definition) is 3. The summed E-state index contributed by atoms with van der Waals surface area (Å²) >= 11 is 5.80. The molecule has 1 amide bonds. The Hall–Kier alpha value is -2.33. The molecule has 0 aromatic heterocycles. The van der Waals surface area contributed by atoms with Crippen LogP contribution in [0.2, 0.25) is 5.02 Å². The van der Waals surface area contributed by atoms with Gasteiger partial charge >= 0.3 is 0 Å². The number of halogens is 1. The summed E-state index contributed by atoms with van der Waals surface area (Å²) < 4.78 is 5.59. The van der Waals surface area contributed by atoms with Crippen LogP contribution in [-0.2, 0) is 4.79 Å². The van der Waals surface area contributed by atoms with Crippen molar-refractivity contribution in [3.05, 3.63) is 59.1 Å². The zero-order valence-electron chi connectivity index (χ0n) is 13.0. The highest BCUT2D eigenvalue weighted by molar-refractivity contribution is 6.30. The number of amides is 1. The van der Waals surface area contributed by atoms with Gasteiger partial charge in [-0.25, -0.2) is 0 Å². The summed E-state index contributed by atoms with van der Waals surface area (Å²) in [6.45, 7) is 3.48. The van der Waals surface area contributed by atoms with E-state index in [2.05, 4.69) is 5.32 Å². The molecule has 2 aromatic carbocycles. The molecule has 0 aliphatic heterocycles. The molecule has 0 radical (unpaired) electrons. The van der Waals surface area contributed by atoms with Gasteiger partial charge in [-0.05, 0) is 55.5 Å². The smallest absolute Gasteiger partial charge is 0.265 e. The van der Waals surface area contributed by atoms with Crippen LogP contribution in [0.5, 0.6) is 5.75 Å². The maximum atomic E-state index is 12.1. The molecule has 0 bridgehead atoms. The van der Waals surface area contributed by atoms with E-state index in [1.165, 1.54) is 0 Å². The van der Waals surface area contributed by atoms with Crippen LogP contribution < -0.4 is 10.1 Å². The van der Waals surface area contributed by atoms with Crippen LogP contribution in [0.15, 0.2) is 48.5 Å². The highest BCUT2D eigenvalue weighted by Crippen LogP contribution is 2.17. The van der Waals surface area contributed by atoms with Crippen LogP contribution in [0.4, 0.5) is 5.69 Å². The average Bonchev–Trinajstić information content (AvgIpc) is 2.56. The summed E-state index contributed by atoms with van der Waals surface area (Å²) in [6.07, 6.45) is -0.210. The molecule has 0 saturated heterocycles.